The van der Waals surface area contributed by atoms with Crippen molar-refractivity contribution in [2.45, 2.75) is 44.1 Å². The van der Waals surface area contributed by atoms with Crippen LogP contribution >= 0.6 is 0 Å². The van der Waals surface area contributed by atoms with Gasteiger partial charge in [0.05, 0.1) is 11.0 Å². The smallest absolute Gasteiger partial charge is 0.240 e. The molecule has 0 spiro atoms. The molecule has 1 heterocycles. The molecule has 2 rings (SSSR count). The predicted octanol–water partition coefficient (Wildman–Crippen LogP) is 1.27. The average Bonchev–Trinajstić information content (AvgIpc) is 2.97. The average molecular weight is 340 g/mol. The predicted molar refractivity (Wildman–Crippen MR) is 87.7 cm³/mol. The van der Waals surface area contributed by atoms with E-state index >= 15 is 0 Å². The molecule has 0 bridgehead atoms. The zero-order valence-corrected chi connectivity index (χ0v) is 14.4. The number of hydrogen-bond acceptors (Lipinski definition) is 4. The number of sulfonamides is 1. The third-order valence-electron chi connectivity index (χ3n) is 3.81. The zero-order valence-electron chi connectivity index (χ0n) is 13.6. The number of benzene rings is 1. The number of aryl methyl sites for hydroxylation is 2. The molecule has 128 valence electrons. The van der Waals surface area contributed by atoms with E-state index in [4.69, 9.17) is 4.74 Å². The van der Waals surface area contributed by atoms with Crippen LogP contribution in [0.15, 0.2) is 23.1 Å². The molecule has 1 aliphatic heterocycles. The molecule has 0 radical (unpaired) electrons. The summed E-state index contributed by atoms with van der Waals surface area (Å²) in [6, 6.07) is 5.17. The SMILES string of the molecule is Cc1ccc(S(=O)(=O)NCCC(=O)NCC2CCCO2)c(C)c1. The summed E-state index contributed by atoms with van der Waals surface area (Å²) in [5, 5.41) is 2.77. The molecule has 0 aliphatic carbocycles. The second-order valence-corrected chi connectivity index (χ2v) is 7.59. The molecule has 23 heavy (non-hydrogen) atoms. The van der Waals surface area contributed by atoms with Gasteiger partial charge in [-0.25, -0.2) is 13.1 Å². The van der Waals surface area contributed by atoms with Crippen LogP contribution in [0.2, 0.25) is 0 Å². The highest BCUT2D eigenvalue weighted by atomic mass is 32.2. The highest BCUT2D eigenvalue weighted by Crippen LogP contribution is 2.16. The van der Waals surface area contributed by atoms with Gasteiger partial charge in [0.15, 0.2) is 0 Å². The minimum Gasteiger partial charge on any atom is -0.376 e. The number of carbonyl (C=O) groups excluding carboxylic acids is 1. The summed E-state index contributed by atoms with van der Waals surface area (Å²) in [5.41, 5.74) is 1.70. The Bertz CT molecular complexity index is 652. The van der Waals surface area contributed by atoms with Crippen LogP contribution in [0, 0.1) is 13.8 Å². The molecular formula is C16H24N2O4S. The fourth-order valence-electron chi connectivity index (χ4n) is 2.60. The lowest BCUT2D eigenvalue weighted by atomic mass is 10.2. The Morgan fingerprint density at radius 1 is 1.35 bits per heavy atom. The van der Waals surface area contributed by atoms with E-state index in [9.17, 15) is 13.2 Å². The van der Waals surface area contributed by atoms with Crippen LogP contribution in [0.25, 0.3) is 0 Å². The molecular weight excluding hydrogens is 316 g/mol. The number of carbonyl (C=O) groups is 1. The van der Waals surface area contributed by atoms with E-state index in [1.165, 1.54) is 0 Å². The fourth-order valence-corrected chi connectivity index (χ4v) is 3.86. The van der Waals surface area contributed by atoms with Gasteiger partial charge in [0.1, 0.15) is 0 Å². The molecule has 7 heteroatoms. The monoisotopic (exact) mass is 340 g/mol. The minimum absolute atomic E-state index is 0.0764. The van der Waals surface area contributed by atoms with Crippen molar-refractivity contribution < 1.29 is 17.9 Å². The van der Waals surface area contributed by atoms with Gasteiger partial charge >= 0.3 is 0 Å². The second-order valence-electron chi connectivity index (χ2n) is 5.86. The molecule has 1 amide bonds. The van der Waals surface area contributed by atoms with Crippen molar-refractivity contribution in [2.75, 3.05) is 19.7 Å². The maximum Gasteiger partial charge on any atom is 0.240 e. The first-order chi connectivity index (χ1) is 10.9. The van der Waals surface area contributed by atoms with E-state index in [-0.39, 0.29) is 29.9 Å². The van der Waals surface area contributed by atoms with Gasteiger partial charge in [-0.05, 0) is 38.3 Å². The summed E-state index contributed by atoms with van der Waals surface area (Å²) >= 11 is 0. The van der Waals surface area contributed by atoms with E-state index in [2.05, 4.69) is 10.0 Å². The van der Waals surface area contributed by atoms with Crippen LogP contribution in [0.1, 0.15) is 30.4 Å². The van der Waals surface area contributed by atoms with E-state index in [0.29, 0.717) is 12.1 Å². The highest BCUT2D eigenvalue weighted by molar-refractivity contribution is 7.89. The van der Waals surface area contributed by atoms with Crippen molar-refractivity contribution in [3.8, 4) is 0 Å². The Morgan fingerprint density at radius 2 is 2.13 bits per heavy atom. The maximum absolute atomic E-state index is 12.2. The number of rotatable bonds is 7. The molecule has 0 aromatic heterocycles. The van der Waals surface area contributed by atoms with E-state index in [0.717, 1.165) is 25.0 Å². The summed E-state index contributed by atoms with van der Waals surface area (Å²) in [7, 11) is -3.59. The van der Waals surface area contributed by atoms with Crippen molar-refractivity contribution in [3.05, 3.63) is 29.3 Å². The molecule has 1 aromatic carbocycles. The van der Waals surface area contributed by atoms with Gasteiger partial charge in [-0.1, -0.05) is 17.7 Å². The first-order valence-corrected chi connectivity index (χ1v) is 9.32. The Hall–Kier alpha value is -1.44. The first-order valence-electron chi connectivity index (χ1n) is 7.84. The van der Waals surface area contributed by atoms with Gasteiger partial charge in [-0.3, -0.25) is 4.79 Å². The van der Waals surface area contributed by atoms with Crippen molar-refractivity contribution in [1.82, 2.24) is 10.0 Å². The summed E-state index contributed by atoms with van der Waals surface area (Å²) in [6.07, 6.45) is 2.18. The van der Waals surface area contributed by atoms with E-state index < -0.39 is 10.0 Å². The third-order valence-corrected chi connectivity index (χ3v) is 5.44. The van der Waals surface area contributed by atoms with Crippen molar-refractivity contribution in [2.24, 2.45) is 0 Å². The molecule has 1 aliphatic rings. The summed E-state index contributed by atoms with van der Waals surface area (Å²) in [6.45, 7) is 4.98. The number of nitrogens with one attached hydrogen (secondary N) is 2. The molecule has 1 unspecified atom stereocenters. The molecule has 6 nitrogen and oxygen atoms in total. The molecule has 1 atom stereocenters. The molecule has 2 N–H and O–H groups in total. The highest BCUT2D eigenvalue weighted by Gasteiger charge is 2.18. The maximum atomic E-state index is 12.2. The van der Waals surface area contributed by atoms with Crippen LogP contribution in [0.5, 0.6) is 0 Å². The molecule has 1 aromatic rings. The Kier molecular flexibility index (Phi) is 6.15. The summed E-state index contributed by atoms with van der Waals surface area (Å²) in [4.78, 5) is 12.0. The van der Waals surface area contributed by atoms with Gasteiger partial charge in [0.2, 0.25) is 15.9 Å². The van der Waals surface area contributed by atoms with Crippen molar-refractivity contribution >= 4 is 15.9 Å². The summed E-state index contributed by atoms with van der Waals surface area (Å²) in [5.74, 6) is -0.177. The van der Waals surface area contributed by atoms with Crippen LogP contribution in [0.4, 0.5) is 0 Å². The van der Waals surface area contributed by atoms with Crippen molar-refractivity contribution in [3.63, 3.8) is 0 Å². The van der Waals surface area contributed by atoms with Crippen LogP contribution in [-0.4, -0.2) is 40.1 Å². The van der Waals surface area contributed by atoms with Crippen molar-refractivity contribution in [1.29, 1.82) is 0 Å². The number of hydrogen-bond donors (Lipinski definition) is 2. The molecule has 1 fully saturated rings. The van der Waals surface area contributed by atoms with Crippen LogP contribution < -0.4 is 10.0 Å². The lowest BCUT2D eigenvalue weighted by Crippen LogP contribution is -2.34. The lowest BCUT2D eigenvalue weighted by molar-refractivity contribution is -0.121. The van der Waals surface area contributed by atoms with Crippen LogP contribution in [-0.2, 0) is 19.6 Å². The van der Waals surface area contributed by atoms with Gasteiger partial charge in [-0.2, -0.15) is 0 Å². The fraction of sp³-hybridized carbons (Fsp3) is 0.562. The molecule has 1 saturated heterocycles. The largest absolute Gasteiger partial charge is 0.376 e. The first kappa shape index (κ1) is 17.9. The van der Waals surface area contributed by atoms with E-state index in [1.807, 2.05) is 13.0 Å². The number of ether oxygens (including phenoxy) is 1. The third kappa shape index (κ3) is 5.30. The van der Waals surface area contributed by atoms with E-state index in [1.54, 1.807) is 19.1 Å². The van der Waals surface area contributed by atoms with Gasteiger partial charge < -0.3 is 10.1 Å². The van der Waals surface area contributed by atoms with Gasteiger partial charge in [0, 0.05) is 26.1 Å². The topological polar surface area (TPSA) is 84.5 Å². The van der Waals surface area contributed by atoms with Gasteiger partial charge in [-0.15, -0.1) is 0 Å². The minimum atomic E-state index is -3.59. The Balaban J connectivity index is 1.78. The summed E-state index contributed by atoms with van der Waals surface area (Å²) < 4.78 is 32.4. The van der Waals surface area contributed by atoms with Crippen LogP contribution in [0.3, 0.4) is 0 Å². The molecule has 0 saturated carbocycles. The second kappa shape index (κ2) is 7.90. The standard InChI is InChI=1S/C16H24N2O4S/c1-12-5-6-15(13(2)10-12)23(20,21)18-8-7-16(19)17-11-14-4-3-9-22-14/h5-6,10,14,18H,3-4,7-9,11H2,1-2H3,(H,17,19). The Labute approximate surface area is 137 Å². The van der Waals surface area contributed by atoms with Gasteiger partial charge in [0.25, 0.3) is 0 Å². The normalized spacial score (nSPS) is 18.1. The lowest BCUT2D eigenvalue weighted by Gasteiger charge is -2.12. The quantitative estimate of drug-likeness (QED) is 0.783. The Morgan fingerprint density at radius 3 is 2.78 bits per heavy atom. The zero-order chi connectivity index (χ0) is 16.9. The number of amides is 1.